The van der Waals surface area contributed by atoms with Crippen LogP contribution in [0.2, 0.25) is 0 Å². The van der Waals surface area contributed by atoms with Gasteiger partial charge < -0.3 is 14.8 Å². The van der Waals surface area contributed by atoms with Gasteiger partial charge in [0.05, 0.1) is 17.1 Å². The zero-order chi connectivity index (χ0) is 21.4. The molecule has 0 bridgehead atoms. The van der Waals surface area contributed by atoms with Crippen LogP contribution in [0.1, 0.15) is 10.4 Å². The number of benzene rings is 3. The summed E-state index contributed by atoms with van der Waals surface area (Å²) in [7, 11) is -2.15. The minimum absolute atomic E-state index is 0.0904. The molecule has 0 fully saturated rings. The van der Waals surface area contributed by atoms with Gasteiger partial charge in [-0.05, 0) is 48.5 Å². The molecule has 0 aliphatic rings. The van der Waals surface area contributed by atoms with Crippen LogP contribution in [0, 0.1) is 0 Å². The third-order valence-electron chi connectivity index (χ3n) is 4.13. The van der Waals surface area contributed by atoms with E-state index in [-0.39, 0.29) is 10.8 Å². The van der Waals surface area contributed by atoms with Crippen LogP contribution in [0.3, 0.4) is 0 Å². The molecule has 3 aromatic carbocycles. The summed E-state index contributed by atoms with van der Waals surface area (Å²) in [6.45, 7) is 0.727. The summed E-state index contributed by atoms with van der Waals surface area (Å²) in [4.78, 5) is 12.7. The molecule has 0 saturated heterocycles. The average molecular weight is 426 g/mol. The Morgan fingerprint density at radius 3 is 2.20 bits per heavy atom. The van der Waals surface area contributed by atoms with Gasteiger partial charge in [-0.2, -0.15) is 0 Å². The Kier molecular flexibility index (Phi) is 7.05. The summed E-state index contributed by atoms with van der Waals surface area (Å²) in [5.41, 5.74) is 1.31. The summed E-state index contributed by atoms with van der Waals surface area (Å²) in [5, 5.41) is 2.75. The molecule has 1 amide bonds. The number of carbonyl (C=O) groups excluding carboxylic acids is 1. The predicted molar refractivity (Wildman–Crippen MR) is 115 cm³/mol. The Labute approximate surface area is 175 Å². The summed E-state index contributed by atoms with van der Waals surface area (Å²) in [5.74, 6) is 0.0827. The van der Waals surface area contributed by atoms with Gasteiger partial charge in [0.15, 0.2) is 0 Å². The van der Waals surface area contributed by atoms with Crippen molar-refractivity contribution in [3.05, 3.63) is 84.4 Å². The zero-order valence-corrected chi connectivity index (χ0v) is 17.2. The maximum atomic E-state index is 12.6. The third kappa shape index (κ3) is 5.59. The minimum atomic E-state index is -3.72. The van der Waals surface area contributed by atoms with E-state index >= 15 is 0 Å². The number of hydrogen-bond donors (Lipinski definition) is 2. The molecule has 7 nitrogen and oxygen atoms in total. The second-order valence-corrected chi connectivity index (χ2v) is 7.97. The fourth-order valence-electron chi connectivity index (χ4n) is 2.65. The summed E-state index contributed by atoms with van der Waals surface area (Å²) >= 11 is 0. The van der Waals surface area contributed by atoms with E-state index in [1.807, 2.05) is 0 Å². The second kappa shape index (κ2) is 9.91. The molecule has 0 spiro atoms. The number of methoxy groups -OCH3 is 1. The number of sulfonamides is 1. The molecule has 0 atom stereocenters. The highest BCUT2D eigenvalue weighted by atomic mass is 32.2. The van der Waals surface area contributed by atoms with Crippen molar-refractivity contribution in [1.82, 2.24) is 0 Å². The van der Waals surface area contributed by atoms with Gasteiger partial charge in [-0.1, -0.05) is 30.3 Å². The first-order valence-corrected chi connectivity index (χ1v) is 10.7. The van der Waals surface area contributed by atoms with Crippen LogP contribution in [-0.2, 0) is 14.8 Å². The number of amides is 1. The van der Waals surface area contributed by atoms with Crippen molar-refractivity contribution < 1.29 is 22.7 Å². The SMILES string of the molecule is COCCOc1ccccc1C(=O)Nc1ccc(S(=O)(=O)Nc2ccccc2)cc1. The highest BCUT2D eigenvalue weighted by molar-refractivity contribution is 7.92. The number of nitrogens with one attached hydrogen (secondary N) is 2. The van der Waals surface area contributed by atoms with Crippen molar-refractivity contribution in [3.8, 4) is 5.75 Å². The molecule has 3 aromatic rings. The molecule has 156 valence electrons. The van der Waals surface area contributed by atoms with Gasteiger partial charge in [0.1, 0.15) is 12.4 Å². The zero-order valence-electron chi connectivity index (χ0n) is 16.4. The van der Waals surface area contributed by atoms with Gasteiger partial charge in [0.2, 0.25) is 0 Å². The normalized spacial score (nSPS) is 11.0. The molecule has 0 saturated carbocycles. The predicted octanol–water partition coefficient (Wildman–Crippen LogP) is 3.76. The number of hydrogen-bond acceptors (Lipinski definition) is 5. The lowest BCUT2D eigenvalue weighted by atomic mass is 10.2. The van der Waals surface area contributed by atoms with Crippen molar-refractivity contribution >= 4 is 27.3 Å². The van der Waals surface area contributed by atoms with Crippen LogP contribution in [0.25, 0.3) is 0 Å². The van der Waals surface area contributed by atoms with Crippen LogP contribution in [0.5, 0.6) is 5.75 Å². The molecular formula is C22H22N2O5S. The first kappa shape index (κ1) is 21.4. The van der Waals surface area contributed by atoms with E-state index in [9.17, 15) is 13.2 Å². The van der Waals surface area contributed by atoms with Crippen molar-refractivity contribution in [1.29, 1.82) is 0 Å². The van der Waals surface area contributed by atoms with Crippen LogP contribution in [-0.4, -0.2) is 34.6 Å². The quantitative estimate of drug-likeness (QED) is 0.508. The Balaban J connectivity index is 1.69. The van der Waals surface area contributed by atoms with E-state index in [4.69, 9.17) is 9.47 Å². The van der Waals surface area contributed by atoms with Gasteiger partial charge >= 0.3 is 0 Å². The fraction of sp³-hybridized carbons (Fsp3) is 0.136. The van der Waals surface area contributed by atoms with Crippen LogP contribution >= 0.6 is 0 Å². The lowest BCUT2D eigenvalue weighted by Crippen LogP contribution is -2.15. The highest BCUT2D eigenvalue weighted by Gasteiger charge is 2.16. The van der Waals surface area contributed by atoms with Gasteiger partial charge in [0.25, 0.3) is 15.9 Å². The van der Waals surface area contributed by atoms with Gasteiger partial charge in [-0.3, -0.25) is 9.52 Å². The average Bonchev–Trinajstić information content (AvgIpc) is 2.75. The van der Waals surface area contributed by atoms with E-state index in [1.54, 1.807) is 61.7 Å². The largest absolute Gasteiger partial charge is 0.490 e. The van der Waals surface area contributed by atoms with Crippen LogP contribution in [0.15, 0.2) is 83.8 Å². The van der Waals surface area contributed by atoms with E-state index < -0.39 is 10.0 Å². The monoisotopic (exact) mass is 426 g/mol. The standard InChI is InChI=1S/C22H22N2O5S/c1-28-15-16-29-21-10-6-5-9-20(21)22(25)23-17-11-13-19(14-12-17)30(26,27)24-18-7-3-2-4-8-18/h2-14,24H,15-16H2,1H3,(H,23,25). The van der Waals surface area contributed by atoms with Crippen molar-refractivity contribution in [3.63, 3.8) is 0 Å². The summed E-state index contributed by atoms with van der Waals surface area (Å²) in [6.07, 6.45) is 0. The number of carbonyl (C=O) groups is 1. The van der Waals surface area contributed by atoms with Crippen molar-refractivity contribution in [2.45, 2.75) is 4.90 Å². The Hall–Kier alpha value is -3.36. The minimum Gasteiger partial charge on any atom is -0.490 e. The number of rotatable bonds is 9. The fourth-order valence-corrected chi connectivity index (χ4v) is 3.71. The molecule has 2 N–H and O–H groups in total. The summed E-state index contributed by atoms with van der Waals surface area (Å²) < 4.78 is 38.1. The Morgan fingerprint density at radius 2 is 1.50 bits per heavy atom. The second-order valence-electron chi connectivity index (χ2n) is 6.29. The van der Waals surface area contributed by atoms with E-state index in [0.29, 0.717) is 35.9 Å². The maximum absolute atomic E-state index is 12.6. The molecule has 0 unspecified atom stereocenters. The molecule has 0 heterocycles. The lowest BCUT2D eigenvalue weighted by molar-refractivity contribution is 0.101. The molecule has 0 aromatic heterocycles. The van der Waals surface area contributed by atoms with E-state index in [1.165, 1.54) is 24.3 Å². The number of ether oxygens (including phenoxy) is 2. The molecule has 0 aliphatic carbocycles. The number of anilines is 2. The Bertz CT molecular complexity index is 1080. The number of para-hydroxylation sites is 2. The van der Waals surface area contributed by atoms with Gasteiger partial charge in [-0.15, -0.1) is 0 Å². The van der Waals surface area contributed by atoms with Crippen LogP contribution in [0.4, 0.5) is 11.4 Å². The molecule has 8 heteroatoms. The first-order chi connectivity index (χ1) is 14.5. The van der Waals surface area contributed by atoms with E-state index in [2.05, 4.69) is 10.0 Å². The van der Waals surface area contributed by atoms with E-state index in [0.717, 1.165) is 0 Å². The van der Waals surface area contributed by atoms with Gasteiger partial charge in [-0.25, -0.2) is 8.42 Å². The third-order valence-corrected chi connectivity index (χ3v) is 5.52. The Morgan fingerprint density at radius 1 is 0.833 bits per heavy atom. The first-order valence-electron chi connectivity index (χ1n) is 9.19. The maximum Gasteiger partial charge on any atom is 0.261 e. The van der Waals surface area contributed by atoms with Crippen molar-refractivity contribution in [2.75, 3.05) is 30.4 Å². The lowest BCUT2D eigenvalue weighted by Gasteiger charge is -2.12. The smallest absolute Gasteiger partial charge is 0.261 e. The topological polar surface area (TPSA) is 93.7 Å². The molecule has 0 radical (unpaired) electrons. The molecule has 30 heavy (non-hydrogen) atoms. The summed E-state index contributed by atoms with van der Waals surface area (Å²) in [6, 6.07) is 21.4. The highest BCUT2D eigenvalue weighted by Crippen LogP contribution is 2.21. The van der Waals surface area contributed by atoms with Crippen molar-refractivity contribution in [2.24, 2.45) is 0 Å². The molecule has 0 aliphatic heterocycles. The molecular weight excluding hydrogens is 404 g/mol. The molecule has 3 rings (SSSR count). The van der Waals surface area contributed by atoms with Crippen LogP contribution < -0.4 is 14.8 Å². The van der Waals surface area contributed by atoms with Gasteiger partial charge in [0, 0.05) is 18.5 Å².